The summed E-state index contributed by atoms with van der Waals surface area (Å²) >= 11 is 0. The van der Waals surface area contributed by atoms with E-state index in [1.165, 1.54) is 32.1 Å². The van der Waals surface area contributed by atoms with Gasteiger partial charge < -0.3 is 11.1 Å². The molecule has 1 atom stereocenters. The maximum absolute atomic E-state index is 11.3. The normalized spacial score (nSPS) is 10.9. The molecule has 0 saturated heterocycles. The summed E-state index contributed by atoms with van der Waals surface area (Å²) < 4.78 is 2.04. The molecule has 1 unspecified atom stereocenters. The number of hydrogen-bond acceptors (Lipinski definition) is 5. The molecule has 0 aliphatic rings. The Morgan fingerprint density at radius 3 is 2.08 bits per heavy atom. The van der Waals surface area contributed by atoms with Crippen molar-refractivity contribution in [2.24, 2.45) is 17.6 Å². The lowest BCUT2D eigenvalue weighted by Gasteiger charge is -2.16. The molecule has 2 aromatic heterocycles. The summed E-state index contributed by atoms with van der Waals surface area (Å²) in [4.78, 5) is 20.5. The van der Waals surface area contributed by atoms with Gasteiger partial charge in [0.1, 0.15) is 5.52 Å². The number of carbonyl (C=O) groups is 1. The van der Waals surface area contributed by atoms with Crippen LogP contribution in [0.25, 0.3) is 11.2 Å². The lowest BCUT2D eigenvalue weighted by atomic mass is 9.90. The van der Waals surface area contributed by atoms with Crippen LogP contribution in [0, 0.1) is 18.8 Å². The van der Waals surface area contributed by atoms with E-state index in [1.54, 1.807) is 6.92 Å². The predicted octanol–water partition coefficient (Wildman–Crippen LogP) is 8.95. The first-order valence-electron chi connectivity index (χ1n) is 14.6. The maximum atomic E-state index is 11.3. The van der Waals surface area contributed by atoms with Crippen LogP contribution in [0.3, 0.4) is 0 Å². The van der Waals surface area contributed by atoms with Crippen molar-refractivity contribution in [1.29, 1.82) is 0 Å². The lowest BCUT2D eigenvalue weighted by Crippen LogP contribution is -2.03. The van der Waals surface area contributed by atoms with Crippen molar-refractivity contribution in [3.05, 3.63) is 47.7 Å². The fraction of sp³-hybridized carbons (Fsp3) is 0.594. The predicted molar refractivity (Wildman–Crippen MR) is 167 cm³/mol. The molecule has 3 aromatic rings. The number of aryl methyl sites for hydroxylation is 2. The highest BCUT2D eigenvalue weighted by Gasteiger charge is 2.11. The number of nitrogens with one attached hydrogen (secondary N) is 1. The Labute approximate surface area is 232 Å². The first-order chi connectivity index (χ1) is 18.2. The third-order valence-electron chi connectivity index (χ3n) is 5.94. The number of imidazole rings is 1. The van der Waals surface area contributed by atoms with Crippen molar-refractivity contribution in [1.82, 2.24) is 14.5 Å². The smallest absolute Gasteiger partial charge is 0.209 e. The van der Waals surface area contributed by atoms with Gasteiger partial charge in [0.15, 0.2) is 11.4 Å². The highest BCUT2D eigenvalue weighted by molar-refractivity contribution is 5.94. The molecule has 2 heterocycles. The zero-order chi connectivity index (χ0) is 29.1. The monoisotopic (exact) mass is 525 g/mol. The van der Waals surface area contributed by atoms with Gasteiger partial charge in [-0.15, -0.1) is 0 Å². The fourth-order valence-electron chi connectivity index (χ4n) is 4.06. The molecule has 1 aromatic carbocycles. The molecule has 0 saturated carbocycles. The number of Topliss-reactive ketones (excluding diaryl/α,β-unsaturated/α-hetero) is 1. The van der Waals surface area contributed by atoms with Gasteiger partial charge in [0.05, 0.1) is 0 Å². The summed E-state index contributed by atoms with van der Waals surface area (Å²) in [7, 11) is 0. The van der Waals surface area contributed by atoms with Crippen LogP contribution in [0.2, 0.25) is 0 Å². The van der Waals surface area contributed by atoms with E-state index in [-0.39, 0.29) is 5.78 Å². The van der Waals surface area contributed by atoms with Crippen LogP contribution < -0.4 is 11.1 Å². The molecule has 0 amide bonds. The summed E-state index contributed by atoms with van der Waals surface area (Å²) in [5, 5.41) is 3.30. The number of rotatable bonds is 10. The largest absolute Gasteiger partial charge is 0.331 e. The van der Waals surface area contributed by atoms with E-state index in [2.05, 4.69) is 49.9 Å². The Morgan fingerprint density at radius 1 is 1.00 bits per heavy atom. The molecule has 0 fully saturated rings. The molecular formula is C32H55N5O. The van der Waals surface area contributed by atoms with Gasteiger partial charge in [-0.3, -0.25) is 9.36 Å². The average molecular weight is 526 g/mol. The topological polar surface area (TPSA) is 85.8 Å². The summed E-state index contributed by atoms with van der Waals surface area (Å²) in [6.45, 7) is 22.3. The minimum atomic E-state index is 0.0621. The second-order valence-corrected chi connectivity index (χ2v) is 9.69. The minimum absolute atomic E-state index is 0.0621. The highest BCUT2D eigenvalue weighted by Crippen LogP contribution is 2.23. The van der Waals surface area contributed by atoms with Crippen molar-refractivity contribution in [3.8, 4) is 0 Å². The van der Waals surface area contributed by atoms with E-state index in [0.717, 1.165) is 53.4 Å². The summed E-state index contributed by atoms with van der Waals surface area (Å²) in [6, 6.07) is 11.3. The molecule has 38 heavy (non-hydrogen) atoms. The number of fused-ring (bicyclic) bond motifs is 1. The Morgan fingerprint density at radius 2 is 1.61 bits per heavy atom. The third kappa shape index (κ3) is 12.7. The second kappa shape index (κ2) is 20.3. The van der Waals surface area contributed by atoms with Crippen molar-refractivity contribution < 1.29 is 4.79 Å². The molecule has 3 rings (SSSR count). The summed E-state index contributed by atoms with van der Waals surface area (Å²) in [5.74, 6) is 2.70. The number of anilines is 2. The number of carbonyl (C=O) groups excluding carboxylic acids is 1. The van der Waals surface area contributed by atoms with Crippen LogP contribution in [-0.4, -0.2) is 26.9 Å². The number of benzene rings is 1. The molecule has 0 aliphatic heterocycles. The van der Waals surface area contributed by atoms with E-state index in [9.17, 15) is 4.79 Å². The number of ketones is 1. The van der Waals surface area contributed by atoms with Gasteiger partial charge in [-0.2, -0.15) is 0 Å². The first kappa shape index (κ1) is 35.3. The highest BCUT2D eigenvalue weighted by atomic mass is 16.1. The van der Waals surface area contributed by atoms with Crippen molar-refractivity contribution in [2.45, 2.75) is 108 Å². The van der Waals surface area contributed by atoms with Crippen molar-refractivity contribution >= 4 is 28.6 Å². The minimum Gasteiger partial charge on any atom is -0.331 e. The number of hydrogen-bond donors (Lipinski definition) is 2. The molecule has 0 aliphatic carbocycles. The van der Waals surface area contributed by atoms with E-state index in [4.69, 9.17) is 5.73 Å². The van der Waals surface area contributed by atoms with E-state index < -0.39 is 0 Å². The number of nitrogens with two attached hydrogens (primary N) is 1. The van der Waals surface area contributed by atoms with Crippen LogP contribution in [0.4, 0.5) is 11.6 Å². The molecule has 6 heteroatoms. The molecule has 0 bridgehead atoms. The van der Waals surface area contributed by atoms with Crippen LogP contribution in [0.5, 0.6) is 0 Å². The zero-order valence-electron chi connectivity index (χ0n) is 25.9. The third-order valence-corrected chi connectivity index (χ3v) is 5.94. The number of pyridine rings is 1. The van der Waals surface area contributed by atoms with E-state index >= 15 is 0 Å². The molecule has 0 spiro atoms. The Hall–Kier alpha value is -2.73. The second-order valence-electron chi connectivity index (χ2n) is 9.69. The lowest BCUT2D eigenvalue weighted by molar-refractivity contribution is 0.101. The summed E-state index contributed by atoms with van der Waals surface area (Å²) in [5.41, 5.74) is 9.17. The maximum Gasteiger partial charge on any atom is 0.209 e. The number of nitrogens with zero attached hydrogens (tertiary/aromatic N) is 3. The molecule has 3 N–H and O–H groups in total. The van der Waals surface area contributed by atoms with Gasteiger partial charge in [0.2, 0.25) is 5.95 Å². The van der Waals surface area contributed by atoms with Gasteiger partial charge in [-0.25, -0.2) is 9.97 Å². The summed E-state index contributed by atoms with van der Waals surface area (Å²) in [6.07, 6.45) is 7.03. The van der Waals surface area contributed by atoms with Crippen LogP contribution >= 0.6 is 0 Å². The van der Waals surface area contributed by atoms with Crippen molar-refractivity contribution in [3.63, 3.8) is 0 Å². The van der Waals surface area contributed by atoms with Crippen LogP contribution in [-0.2, 0) is 6.54 Å². The van der Waals surface area contributed by atoms with Gasteiger partial charge in [0, 0.05) is 23.5 Å². The first-order valence-corrected chi connectivity index (χ1v) is 14.6. The van der Waals surface area contributed by atoms with Gasteiger partial charge in [-0.05, 0) is 82.0 Å². The molecule has 0 radical (unpaired) electrons. The zero-order valence-corrected chi connectivity index (χ0v) is 25.9. The Kier molecular flexibility index (Phi) is 18.8. The van der Waals surface area contributed by atoms with Crippen LogP contribution in [0.15, 0.2) is 36.4 Å². The fourth-order valence-corrected chi connectivity index (χ4v) is 4.06. The number of aromatic nitrogens is 3. The Balaban J connectivity index is 0.000000723. The van der Waals surface area contributed by atoms with E-state index in [1.807, 2.05) is 68.7 Å². The molecular weight excluding hydrogens is 470 g/mol. The van der Waals surface area contributed by atoms with Gasteiger partial charge in [-0.1, -0.05) is 74.1 Å². The number of unbranched alkanes of at least 4 members (excludes halogenated alkanes) is 1. The molecule has 6 nitrogen and oxygen atoms in total. The Bertz CT molecular complexity index is 1020. The quantitative estimate of drug-likeness (QED) is 0.258. The van der Waals surface area contributed by atoms with Crippen molar-refractivity contribution in [2.75, 3.05) is 11.9 Å². The van der Waals surface area contributed by atoms with Gasteiger partial charge in [0.25, 0.3) is 0 Å². The standard InChI is InChI=1S/C17H18N4O.C11H24.C2H7N.C2H6/c1-4-21-16-15(10-5-11(2)18-16)20-17(21)19-14-8-6-13(7-9-14)12(3)22;1-5-7-8-11(6-2)9-10(3)4;1-2-3;1-2/h5-10H,4H2,1-3H3,(H,19,20);10-11H,5-9H2,1-4H3;2-3H2,1H3;1-2H3. The van der Waals surface area contributed by atoms with E-state index in [0.29, 0.717) is 5.56 Å². The van der Waals surface area contributed by atoms with Gasteiger partial charge >= 0.3 is 0 Å². The SMILES string of the molecule is CC.CCCCC(CC)CC(C)C.CCN.CCn1c(Nc2ccc(C(C)=O)cc2)nc2ccc(C)nc21. The molecule has 214 valence electrons. The van der Waals surface area contributed by atoms with Crippen LogP contribution in [0.1, 0.15) is 110 Å². The average Bonchev–Trinajstić information content (AvgIpc) is 3.24.